The molecular formula is C27H30NSi+. The van der Waals surface area contributed by atoms with Gasteiger partial charge in [0.05, 0.1) is 10.9 Å². The van der Waals surface area contributed by atoms with E-state index < -0.39 is 21.8 Å². The first kappa shape index (κ1) is 13.5. The first-order valence-electron chi connectivity index (χ1n) is 12.9. The molecule has 4 rings (SSSR count). The largest absolute Gasteiger partial charge is 0.220 e. The second-order valence-electron chi connectivity index (χ2n) is 8.26. The number of benzene rings is 3. The third kappa shape index (κ3) is 3.42. The lowest BCUT2D eigenvalue weighted by molar-refractivity contribution is -0.659. The molecule has 0 spiro atoms. The molecule has 3 aromatic carbocycles. The SMILES string of the molecule is [2H]C([2H])([2H])c1cc(-c2c3ccc([Si](C)(C)c4ccccc4)cc3cc[n+]2C)c(C)c(C([2H])([2H])[2H])c1. The van der Waals surface area contributed by atoms with Gasteiger partial charge in [-0.2, -0.15) is 0 Å². The summed E-state index contributed by atoms with van der Waals surface area (Å²) < 4.78 is 49.8. The maximum atomic E-state index is 8.02. The van der Waals surface area contributed by atoms with Crippen LogP contribution in [0.1, 0.15) is 24.9 Å². The second kappa shape index (κ2) is 7.27. The molecule has 0 saturated heterocycles. The van der Waals surface area contributed by atoms with Gasteiger partial charge in [0.1, 0.15) is 15.1 Å². The van der Waals surface area contributed by atoms with Gasteiger partial charge < -0.3 is 0 Å². The molecule has 4 aromatic rings. The van der Waals surface area contributed by atoms with Gasteiger partial charge in [0.15, 0.2) is 6.20 Å². The summed E-state index contributed by atoms with van der Waals surface area (Å²) in [6.07, 6.45) is 1.95. The molecule has 0 fully saturated rings. The first-order chi connectivity index (χ1) is 16.2. The van der Waals surface area contributed by atoms with Crippen molar-refractivity contribution in [2.75, 3.05) is 0 Å². The molecule has 0 N–H and O–H groups in total. The van der Waals surface area contributed by atoms with Crippen LogP contribution in [0.2, 0.25) is 13.1 Å². The molecule has 29 heavy (non-hydrogen) atoms. The van der Waals surface area contributed by atoms with E-state index in [9.17, 15) is 0 Å². The van der Waals surface area contributed by atoms with Crippen molar-refractivity contribution in [2.24, 2.45) is 7.05 Å². The Morgan fingerprint density at radius 2 is 1.66 bits per heavy atom. The summed E-state index contributed by atoms with van der Waals surface area (Å²) in [4.78, 5) is 0. The molecule has 1 heterocycles. The Hall–Kier alpha value is -2.71. The third-order valence-electron chi connectivity index (χ3n) is 6.02. The van der Waals surface area contributed by atoms with Crippen LogP contribution in [-0.2, 0) is 7.05 Å². The van der Waals surface area contributed by atoms with E-state index in [-0.39, 0.29) is 11.1 Å². The molecule has 0 aliphatic heterocycles. The van der Waals surface area contributed by atoms with E-state index in [1.165, 1.54) is 16.4 Å². The number of aryl methyl sites for hydroxylation is 3. The van der Waals surface area contributed by atoms with Crippen LogP contribution < -0.4 is 14.9 Å². The third-order valence-corrected chi connectivity index (χ3v) is 9.55. The fourth-order valence-corrected chi connectivity index (χ4v) is 6.45. The standard InChI is InChI=1S/C27H30NSi/c1-19-16-20(2)21(3)26(17-19)27-25-13-12-24(18-22(25)14-15-28(27)4)29(5,6)23-10-8-7-9-11-23/h7-18H,1-6H3/q+1/i1D3,2D3. The summed E-state index contributed by atoms with van der Waals surface area (Å²) in [6, 6.07) is 22.0. The first-order valence-corrected chi connectivity index (χ1v) is 12.9. The molecular weight excluding hydrogens is 366 g/mol. The highest BCUT2D eigenvalue weighted by Gasteiger charge is 2.27. The van der Waals surface area contributed by atoms with Gasteiger partial charge in [-0.25, -0.2) is 4.57 Å². The van der Waals surface area contributed by atoms with Crippen LogP contribution in [0.3, 0.4) is 0 Å². The number of nitrogens with zero attached hydrogens (tertiary/aromatic N) is 1. The molecule has 0 atom stereocenters. The van der Waals surface area contributed by atoms with E-state index in [2.05, 4.69) is 61.6 Å². The average molecular weight is 403 g/mol. The second-order valence-corrected chi connectivity index (χ2v) is 12.7. The zero-order chi connectivity index (χ0) is 25.8. The zero-order valence-corrected chi connectivity index (χ0v) is 18.4. The molecule has 0 bridgehead atoms. The molecule has 0 aliphatic rings. The van der Waals surface area contributed by atoms with E-state index >= 15 is 0 Å². The molecule has 0 amide bonds. The van der Waals surface area contributed by atoms with Crippen molar-refractivity contribution in [3.05, 3.63) is 89.6 Å². The Morgan fingerprint density at radius 3 is 2.38 bits per heavy atom. The molecule has 0 saturated carbocycles. The van der Waals surface area contributed by atoms with Crippen LogP contribution >= 0.6 is 0 Å². The number of rotatable bonds is 3. The van der Waals surface area contributed by atoms with Crippen LogP contribution in [0.15, 0.2) is 72.9 Å². The van der Waals surface area contributed by atoms with Crippen molar-refractivity contribution in [2.45, 2.75) is 33.7 Å². The Morgan fingerprint density at radius 1 is 0.862 bits per heavy atom. The van der Waals surface area contributed by atoms with Gasteiger partial charge >= 0.3 is 0 Å². The average Bonchev–Trinajstić information content (AvgIpc) is 2.78. The summed E-state index contributed by atoms with van der Waals surface area (Å²) in [7, 11) is -0.0125. The van der Waals surface area contributed by atoms with E-state index in [0.717, 1.165) is 16.5 Å². The van der Waals surface area contributed by atoms with E-state index in [1.54, 1.807) is 13.0 Å². The number of pyridine rings is 1. The Kier molecular flexibility index (Phi) is 3.39. The number of hydrogen-bond acceptors (Lipinski definition) is 0. The van der Waals surface area contributed by atoms with Crippen molar-refractivity contribution in [3.63, 3.8) is 0 Å². The van der Waals surface area contributed by atoms with Crippen molar-refractivity contribution >= 4 is 29.2 Å². The Bertz CT molecular complexity index is 1410. The van der Waals surface area contributed by atoms with Gasteiger partial charge in [-0.05, 0) is 49.3 Å². The molecule has 1 nitrogen and oxygen atoms in total. The molecule has 0 unspecified atom stereocenters. The van der Waals surface area contributed by atoms with Crippen molar-refractivity contribution < 1.29 is 12.8 Å². The quantitative estimate of drug-likeness (QED) is 0.332. The van der Waals surface area contributed by atoms with Gasteiger partial charge in [-0.15, -0.1) is 0 Å². The molecule has 146 valence electrons. The van der Waals surface area contributed by atoms with E-state index in [0.29, 0.717) is 11.1 Å². The van der Waals surface area contributed by atoms with Crippen LogP contribution in [0, 0.1) is 20.6 Å². The predicted molar refractivity (Wildman–Crippen MR) is 128 cm³/mol. The summed E-state index contributed by atoms with van der Waals surface area (Å²) in [5, 5.41) is 4.65. The van der Waals surface area contributed by atoms with Crippen molar-refractivity contribution in [1.29, 1.82) is 0 Å². The molecule has 0 radical (unpaired) electrons. The summed E-state index contributed by atoms with van der Waals surface area (Å²) in [5.74, 6) is 0. The highest BCUT2D eigenvalue weighted by atomic mass is 28.3. The minimum Gasteiger partial charge on any atom is -0.200 e. The highest BCUT2D eigenvalue weighted by molar-refractivity contribution is 7.00. The van der Waals surface area contributed by atoms with Crippen LogP contribution in [0.5, 0.6) is 0 Å². The van der Waals surface area contributed by atoms with Gasteiger partial charge in [-0.1, -0.05) is 77.6 Å². The summed E-state index contributed by atoms with van der Waals surface area (Å²) >= 11 is 0. The monoisotopic (exact) mass is 402 g/mol. The van der Waals surface area contributed by atoms with Crippen LogP contribution in [0.25, 0.3) is 22.0 Å². The highest BCUT2D eigenvalue weighted by Crippen LogP contribution is 2.30. The van der Waals surface area contributed by atoms with Crippen molar-refractivity contribution in [3.8, 4) is 11.3 Å². The predicted octanol–water partition coefficient (Wildman–Crippen LogP) is 5.08. The van der Waals surface area contributed by atoms with Gasteiger partial charge in [0.2, 0.25) is 5.69 Å². The summed E-state index contributed by atoms with van der Waals surface area (Å²) in [6.45, 7) is 1.60. The molecule has 2 heteroatoms. The van der Waals surface area contributed by atoms with Gasteiger partial charge in [0, 0.05) is 14.3 Å². The fraction of sp³-hybridized carbons (Fsp3) is 0.222. The number of fused-ring (bicyclic) bond motifs is 1. The molecule has 0 aliphatic carbocycles. The van der Waals surface area contributed by atoms with Gasteiger partial charge in [-0.3, -0.25) is 0 Å². The maximum Gasteiger partial charge on any atom is 0.220 e. The number of hydrogen-bond donors (Lipinski definition) is 0. The normalized spacial score (nSPS) is 15.7. The Labute approximate surface area is 184 Å². The van der Waals surface area contributed by atoms with E-state index in [1.807, 2.05) is 23.9 Å². The Balaban J connectivity index is 1.98. The number of aromatic nitrogens is 1. The lowest BCUT2D eigenvalue weighted by atomic mass is 9.94. The van der Waals surface area contributed by atoms with Gasteiger partial charge in [0.25, 0.3) is 0 Å². The lowest BCUT2D eigenvalue weighted by Crippen LogP contribution is -2.52. The summed E-state index contributed by atoms with van der Waals surface area (Å²) in [5.41, 5.74) is 2.12. The minimum atomic E-state index is -2.41. The van der Waals surface area contributed by atoms with Crippen molar-refractivity contribution in [1.82, 2.24) is 0 Å². The smallest absolute Gasteiger partial charge is 0.200 e. The minimum absolute atomic E-state index is 0.0375. The fourth-order valence-electron chi connectivity index (χ4n) is 4.08. The molecule has 1 aromatic heterocycles. The maximum absolute atomic E-state index is 8.02. The van der Waals surface area contributed by atoms with E-state index in [4.69, 9.17) is 8.22 Å². The zero-order valence-electron chi connectivity index (χ0n) is 23.4. The topological polar surface area (TPSA) is 3.88 Å². The van der Waals surface area contributed by atoms with Crippen LogP contribution in [-0.4, -0.2) is 8.07 Å². The lowest BCUT2D eigenvalue weighted by Gasteiger charge is -2.24. The van der Waals surface area contributed by atoms with Crippen LogP contribution in [0.4, 0.5) is 0 Å².